The van der Waals surface area contributed by atoms with Crippen molar-refractivity contribution in [3.8, 4) is 0 Å². The third-order valence-corrected chi connectivity index (χ3v) is 3.57. The van der Waals surface area contributed by atoms with Crippen molar-refractivity contribution in [2.45, 2.75) is 39.5 Å². The standard InChI is InChI=1S/C15H20BrNO4/c1-4-7-10(17-20-9-6-3)12-14(18)13(16)11(8-5-2)21-15(12)19/h6,17H,3-5,7-9H2,1-2H3. The molecule has 6 heteroatoms. The van der Waals surface area contributed by atoms with Crippen LogP contribution >= 0.6 is 15.9 Å². The van der Waals surface area contributed by atoms with Gasteiger partial charge in [-0.05, 0) is 28.8 Å². The van der Waals surface area contributed by atoms with E-state index in [0.29, 0.717) is 28.8 Å². The predicted octanol–water partition coefficient (Wildman–Crippen LogP) is 3.28. The zero-order valence-corrected chi connectivity index (χ0v) is 13.9. The molecule has 0 amide bonds. The molecule has 0 bridgehead atoms. The number of hydroxylamine groups is 1. The highest BCUT2D eigenvalue weighted by atomic mass is 79.9. The van der Waals surface area contributed by atoms with E-state index in [2.05, 4.69) is 28.0 Å². The van der Waals surface area contributed by atoms with Gasteiger partial charge in [0.15, 0.2) is 0 Å². The summed E-state index contributed by atoms with van der Waals surface area (Å²) in [5.74, 6) is -0.614. The van der Waals surface area contributed by atoms with Crippen LogP contribution in [0.5, 0.6) is 0 Å². The fourth-order valence-electron chi connectivity index (χ4n) is 1.85. The fraction of sp³-hybridized carbons (Fsp3) is 0.467. The summed E-state index contributed by atoms with van der Waals surface area (Å²) in [6, 6.07) is 0. The molecule has 1 rings (SSSR count). The molecule has 0 spiro atoms. The molecule has 1 N–H and O–H groups in total. The lowest BCUT2D eigenvalue weighted by molar-refractivity contribution is -0.138. The summed E-state index contributed by atoms with van der Waals surface area (Å²) in [4.78, 5) is 29.6. The summed E-state index contributed by atoms with van der Waals surface area (Å²) in [6.45, 7) is 7.69. The molecule has 0 aromatic rings. The Kier molecular flexibility index (Phi) is 7.39. The number of hydrogen-bond acceptors (Lipinski definition) is 5. The van der Waals surface area contributed by atoms with Gasteiger partial charge in [-0.25, -0.2) is 4.79 Å². The molecule has 1 aliphatic heterocycles. The Balaban J connectivity index is 3.11. The SMILES string of the molecule is C=CCONC(CCC)=C1C(=O)OC(CCC)=C(Br)C1=O. The summed E-state index contributed by atoms with van der Waals surface area (Å²) in [6.07, 6.45) is 4.16. The highest BCUT2D eigenvalue weighted by molar-refractivity contribution is 9.12. The lowest BCUT2D eigenvalue weighted by Crippen LogP contribution is -2.29. The Morgan fingerprint density at radius 2 is 2.10 bits per heavy atom. The molecule has 0 radical (unpaired) electrons. The van der Waals surface area contributed by atoms with Gasteiger partial charge in [-0.15, -0.1) is 6.58 Å². The van der Waals surface area contributed by atoms with Crippen LogP contribution in [0.15, 0.2) is 34.2 Å². The fourth-order valence-corrected chi connectivity index (χ4v) is 2.33. The normalized spacial score (nSPS) is 17.7. The molecule has 5 nitrogen and oxygen atoms in total. The van der Waals surface area contributed by atoms with Crippen LogP contribution in [-0.2, 0) is 19.2 Å². The first-order valence-electron chi connectivity index (χ1n) is 6.94. The molecular weight excluding hydrogens is 338 g/mol. The maximum absolute atomic E-state index is 12.4. The van der Waals surface area contributed by atoms with Crippen LogP contribution < -0.4 is 5.48 Å². The van der Waals surface area contributed by atoms with Gasteiger partial charge >= 0.3 is 5.97 Å². The van der Waals surface area contributed by atoms with Crippen LogP contribution in [-0.4, -0.2) is 18.4 Å². The predicted molar refractivity (Wildman–Crippen MR) is 83.2 cm³/mol. The highest BCUT2D eigenvalue weighted by Crippen LogP contribution is 2.30. The van der Waals surface area contributed by atoms with Crippen molar-refractivity contribution in [3.63, 3.8) is 0 Å². The molecule has 0 saturated carbocycles. The van der Waals surface area contributed by atoms with Gasteiger partial charge in [-0.2, -0.15) is 0 Å². The van der Waals surface area contributed by atoms with Gasteiger partial charge in [0.25, 0.3) is 0 Å². The Hall–Kier alpha value is -1.40. The van der Waals surface area contributed by atoms with E-state index in [-0.39, 0.29) is 18.0 Å². The third kappa shape index (κ3) is 4.54. The van der Waals surface area contributed by atoms with Crippen molar-refractivity contribution in [1.82, 2.24) is 5.48 Å². The van der Waals surface area contributed by atoms with E-state index >= 15 is 0 Å². The minimum Gasteiger partial charge on any atom is -0.426 e. The van der Waals surface area contributed by atoms with Crippen LogP contribution in [0.1, 0.15) is 39.5 Å². The molecule has 0 fully saturated rings. The third-order valence-electron chi connectivity index (χ3n) is 2.77. The van der Waals surface area contributed by atoms with E-state index in [1.807, 2.05) is 13.8 Å². The van der Waals surface area contributed by atoms with Crippen molar-refractivity contribution >= 4 is 27.7 Å². The van der Waals surface area contributed by atoms with Crippen molar-refractivity contribution in [3.05, 3.63) is 34.2 Å². The van der Waals surface area contributed by atoms with E-state index in [4.69, 9.17) is 9.57 Å². The van der Waals surface area contributed by atoms with E-state index in [1.54, 1.807) is 6.08 Å². The molecule has 1 heterocycles. The van der Waals surface area contributed by atoms with Crippen molar-refractivity contribution in [2.75, 3.05) is 6.61 Å². The molecule has 0 atom stereocenters. The van der Waals surface area contributed by atoms with Gasteiger partial charge in [0.05, 0.1) is 12.3 Å². The van der Waals surface area contributed by atoms with Gasteiger partial charge in [0, 0.05) is 6.42 Å². The molecule has 0 saturated heterocycles. The number of allylic oxidation sites excluding steroid dienone is 3. The summed E-state index contributed by atoms with van der Waals surface area (Å²) >= 11 is 3.22. The second-order valence-electron chi connectivity index (χ2n) is 4.51. The Labute approximate surface area is 133 Å². The number of carbonyl (C=O) groups is 2. The Morgan fingerprint density at radius 3 is 2.67 bits per heavy atom. The first kappa shape index (κ1) is 17.7. The zero-order chi connectivity index (χ0) is 15.8. The molecule has 0 aromatic carbocycles. The van der Waals surface area contributed by atoms with Crippen molar-refractivity contribution in [1.29, 1.82) is 0 Å². The van der Waals surface area contributed by atoms with E-state index in [9.17, 15) is 9.59 Å². The summed E-state index contributed by atoms with van der Waals surface area (Å²) in [5, 5.41) is 0. The summed E-state index contributed by atoms with van der Waals surface area (Å²) in [5.41, 5.74) is 3.09. The molecule has 21 heavy (non-hydrogen) atoms. The number of halogens is 1. The second-order valence-corrected chi connectivity index (χ2v) is 5.30. The smallest absolute Gasteiger partial charge is 0.349 e. The minimum atomic E-state index is -0.634. The maximum atomic E-state index is 12.4. The first-order valence-corrected chi connectivity index (χ1v) is 7.73. The summed E-state index contributed by atoms with van der Waals surface area (Å²) < 4.78 is 5.56. The molecule has 0 aliphatic carbocycles. The van der Waals surface area contributed by atoms with Gasteiger partial charge in [0.2, 0.25) is 5.78 Å². The van der Waals surface area contributed by atoms with Crippen molar-refractivity contribution < 1.29 is 19.2 Å². The topological polar surface area (TPSA) is 64.6 Å². The van der Waals surface area contributed by atoms with Gasteiger partial charge < -0.3 is 4.74 Å². The van der Waals surface area contributed by atoms with Crippen LogP contribution in [0, 0.1) is 0 Å². The van der Waals surface area contributed by atoms with E-state index in [1.165, 1.54) is 0 Å². The zero-order valence-electron chi connectivity index (χ0n) is 12.3. The number of cyclic esters (lactones) is 1. The Morgan fingerprint density at radius 1 is 1.38 bits per heavy atom. The first-order chi connectivity index (χ1) is 10.1. The second kappa shape index (κ2) is 8.79. The molecular formula is C15H20BrNO4. The number of hydrogen-bond donors (Lipinski definition) is 1. The number of Topliss-reactive ketones (excluding diaryl/α,β-unsaturated/α-hetero) is 1. The number of esters is 1. The minimum absolute atomic E-state index is 0.00681. The van der Waals surface area contributed by atoms with Crippen LogP contribution in [0.3, 0.4) is 0 Å². The number of rotatable bonds is 8. The van der Waals surface area contributed by atoms with Gasteiger partial charge in [-0.3, -0.25) is 15.1 Å². The maximum Gasteiger partial charge on any atom is 0.349 e. The van der Waals surface area contributed by atoms with Crippen LogP contribution in [0.2, 0.25) is 0 Å². The average Bonchev–Trinajstić information content (AvgIpc) is 2.45. The van der Waals surface area contributed by atoms with Crippen LogP contribution in [0.25, 0.3) is 0 Å². The van der Waals surface area contributed by atoms with Gasteiger partial charge in [0.1, 0.15) is 15.8 Å². The molecule has 1 aliphatic rings. The van der Waals surface area contributed by atoms with Crippen molar-refractivity contribution in [2.24, 2.45) is 0 Å². The number of carbonyl (C=O) groups excluding carboxylic acids is 2. The van der Waals surface area contributed by atoms with Crippen LogP contribution in [0.4, 0.5) is 0 Å². The molecule has 0 aromatic heterocycles. The Bertz CT molecular complexity index is 494. The number of ketones is 1. The lowest BCUT2D eigenvalue weighted by atomic mass is 10.0. The number of nitrogens with one attached hydrogen (secondary N) is 1. The molecule has 116 valence electrons. The summed E-state index contributed by atoms with van der Waals surface area (Å²) in [7, 11) is 0. The monoisotopic (exact) mass is 357 g/mol. The molecule has 0 unspecified atom stereocenters. The lowest BCUT2D eigenvalue weighted by Gasteiger charge is -2.20. The van der Waals surface area contributed by atoms with E-state index < -0.39 is 5.97 Å². The highest BCUT2D eigenvalue weighted by Gasteiger charge is 2.34. The quantitative estimate of drug-likeness (QED) is 0.180. The average molecular weight is 358 g/mol. The van der Waals surface area contributed by atoms with Gasteiger partial charge in [-0.1, -0.05) is 26.3 Å². The van der Waals surface area contributed by atoms with E-state index in [0.717, 1.165) is 12.8 Å². The number of ether oxygens (including phenoxy) is 1. The largest absolute Gasteiger partial charge is 0.426 e.